The number of benzene rings is 3. The predicted octanol–water partition coefficient (Wildman–Crippen LogP) is 3.17. The summed E-state index contributed by atoms with van der Waals surface area (Å²) < 4.78 is 64.4. The van der Waals surface area contributed by atoms with Crippen LogP contribution in [0.25, 0.3) is 0 Å². The number of ether oxygens (including phenoxy) is 1. The number of aliphatic hydroxyl groups is 1. The molecule has 0 bridgehead atoms. The predicted molar refractivity (Wildman–Crippen MR) is 158 cm³/mol. The van der Waals surface area contributed by atoms with Crippen molar-refractivity contribution in [3.63, 3.8) is 0 Å². The van der Waals surface area contributed by atoms with Gasteiger partial charge in [-0.15, -0.1) is 0 Å². The molecule has 1 heterocycles. The van der Waals surface area contributed by atoms with Crippen molar-refractivity contribution in [3.8, 4) is 0 Å². The fourth-order valence-electron chi connectivity index (χ4n) is 3.78. The van der Waals surface area contributed by atoms with Gasteiger partial charge in [0.1, 0.15) is 0 Å². The van der Waals surface area contributed by atoms with E-state index in [2.05, 4.69) is 5.32 Å². The summed E-state index contributed by atoms with van der Waals surface area (Å²) in [4.78, 5) is -0.133. The molecule has 0 amide bonds. The number of nitrogens with two attached hydrogens (primary N) is 1. The molecule has 4 rings (SSSR count). The van der Waals surface area contributed by atoms with E-state index in [0.717, 1.165) is 37.2 Å². The first kappa shape index (κ1) is 34.5. The monoisotopic (exact) mass is 608 g/mol. The highest BCUT2D eigenvalue weighted by Crippen LogP contribution is 2.10. The van der Waals surface area contributed by atoms with E-state index in [-0.39, 0.29) is 15.8 Å². The van der Waals surface area contributed by atoms with Crippen LogP contribution in [0.3, 0.4) is 0 Å². The minimum Gasteiger partial charge on any atom is -0.390 e. The Balaban J connectivity index is 0.000000230. The Bertz CT molecular complexity index is 1300. The van der Waals surface area contributed by atoms with Crippen molar-refractivity contribution in [3.05, 3.63) is 95.6 Å². The molecule has 0 aliphatic carbocycles. The maximum absolute atomic E-state index is 10.5. The lowest BCUT2D eigenvalue weighted by Gasteiger charge is -2.26. The van der Waals surface area contributed by atoms with Crippen LogP contribution in [0.4, 0.5) is 0 Å². The summed E-state index contributed by atoms with van der Waals surface area (Å²) in [7, 11) is -8.04. The lowest BCUT2D eigenvalue weighted by atomic mass is 10.0. The van der Waals surface area contributed by atoms with Crippen molar-refractivity contribution < 1.29 is 35.8 Å². The highest BCUT2D eigenvalue weighted by molar-refractivity contribution is 7.86. The number of aryl methyl sites for hydroxylation is 2. The van der Waals surface area contributed by atoms with E-state index in [9.17, 15) is 21.9 Å². The Labute approximate surface area is 243 Å². The molecular formula is C29H40N2O8S2. The second-order valence-corrected chi connectivity index (χ2v) is 12.6. The topological polar surface area (TPSA) is 176 Å². The van der Waals surface area contributed by atoms with Crippen LogP contribution in [-0.2, 0) is 31.4 Å². The third-order valence-corrected chi connectivity index (χ3v) is 8.02. The highest BCUT2D eigenvalue weighted by atomic mass is 32.2. The van der Waals surface area contributed by atoms with Crippen LogP contribution in [0.2, 0.25) is 0 Å². The fourth-order valence-corrected chi connectivity index (χ4v) is 4.74. The Morgan fingerprint density at radius 2 is 1.24 bits per heavy atom. The molecule has 3 aromatic rings. The summed E-state index contributed by atoms with van der Waals surface area (Å²) in [5.74, 6) is 0. The average Bonchev–Trinajstić information content (AvgIpc) is 2.93. The lowest BCUT2D eigenvalue weighted by molar-refractivity contribution is 0.0700. The van der Waals surface area contributed by atoms with E-state index < -0.39 is 26.3 Å². The minimum absolute atomic E-state index is 0.0666. The summed E-state index contributed by atoms with van der Waals surface area (Å²) in [6.07, 6.45) is 2.22. The van der Waals surface area contributed by atoms with Crippen LogP contribution in [0.5, 0.6) is 0 Å². The molecule has 12 heteroatoms. The Morgan fingerprint density at radius 3 is 1.66 bits per heavy atom. The van der Waals surface area contributed by atoms with Gasteiger partial charge in [0, 0.05) is 31.8 Å². The van der Waals surface area contributed by atoms with Gasteiger partial charge in [-0.25, -0.2) is 0 Å². The van der Waals surface area contributed by atoms with Gasteiger partial charge in [-0.2, -0.15) is 16.8 Å². The first-order valence-corrected chi connectivity index (χ1v) is 16.0. The average molecular weight is 609 g/mol. The largest absolute Gasteiger partial charge is 0.390 e. The van der Waals surface area contributed by atoms with Crippen molar-refractivity contribution in [1.82, 2.24) is 5.32 Å². The molecule has 41 heavy (non-hydrogen) atoms. The van der Waals surface area contributed by atoms with Crippen molar-refractivity contribution >= 4 is 20.2 Å². The van der Waals surface area contributed by atoms with E-state index in [0.29, 0.717) is 19.0 Å². The quantitative estimate of drug-likeness (QED) is 0.239. The molecule has 0 unspecified atom stereocenters. The first-order chi connectivity index (χ1) is 19.3. The maximum atomic E-state index is 10.5. The number of hydrogen-bond acceptors (Lipinski definition) is 8. The van der Waals surface area contributed by atoms with Crippen molar-refractivity contribution in [2.24, 2.45) is 5.73 Å². The SMILES string of the molecule is Cc1ccc(S(=O)(=O)O)cc1.Cc1ccc(S(=O)(=O)O)cc1.N[C@@H](Cc1ccccc1)[C@H](O)CNC1CCOCC1. The second-order valence-electron chi connectivity index (χ2n) is 9.79. The molecule has 0 aromatic heterocycles. The summed E-state index contributed by atoms with van der Waals surface area (Å²) in [5.41, 5.74) is 9.13. The normalized spacial score (nSPS) is 15.5. The third-order valence-electron chi connectivity index (χ3n) is 6.28. The van der Waals surface area contributed by atoms with Gasteiger partial charge >= 0.3 is 0 Å². The van der Waals surface area contributed by atoms with E-state index in [1.807, 2.05) is 44.2 Å². The van der Waals surface area contributed by atoms with Crippen LogP contribution >= 0.6 is 0 Å². The zero-order valence-electron chi connectivity index (χ0n) is 23.3. The van der Waals surface area contributed by atoms with Crippen LogP contribution in [0.1, 0.15) is 29.5 Å². The van der Waals surface area contributed by atoms with Crippen LogP contribution < -0.4 is 11.1 Å². The number of aliphatic hydroxyl groups excluding tert-OH is 1. The van der Waals surface area contributed by atoms with Gasteiger partial charge in [0.25, 0.3) is 20.2 Å². The zero-order valence-corrected chi connectivity index (χ0v) is 24.9. The van der Waals surface area contributed by atoms with Crippen molar-refractivity contribution in [2.75, 3.05) is 19.8 Å². The molecule has 10 nitrogen and oxygen atoms in total. The van der Waals surface area contributed by atoms with Crippen LogP contribution in [0, 0.1) is 13.8 Å². The Kier molecular flexibility index (Phi) is 14.0. The standard InChI is InChI=1S/C15H24N2O2.2C7H8O3S/c16-14(10-12-4-2-1-3-5-12)15(18)11-17-13-6-8-19-9-7-13;2*1-6-2-4-7(5-3-6)11(8,9)10/h1-5,13-15,17-18H,6-11,16H2;2*2-5H,1H3,(H,8,9,10)/t14-,15+;;/m0../s1. The molecule has 1 aliphatic rings. The molecule has 226 valence electrons. The molecule has 0 radical (unpaired) electrons. The zero-order chi connectivity index (χ0) is 30.5. The van der Waals surface area contributed by atoms with E-state index in [4.69, 9.17) is 19.6 Å². The van der Waals surface area contributed by atoms with Crippen LogP contribution in [0.15, 0.2) is 88.7 Å². The summed E-state index contributed by atoms with van der Waals surface area (Å²) in [6, 6.07) is 22.3. The fraction of sp³-hybridized carbons (Fsp3) is 0.379. The Hall–Kier alpha value is -2.68. The lowest BCUT2D eigenvalue weighted by Crippen LogP contribution is -2.46. The first-order valence-electron chi connectivity index (χ1n) is 13.1. The molecule has 3 aromatic carbocycles. The summed E-state index contributed by atoms with van der Waals surface area (Å²) >= 11 is 0. The molecule has 6 N–H and O–H groups in total. The van der Waals surface area contributed by atoms with Gasteiger partial charge in [-0.3, -0.25) is 9.11 Å². The Morgan fingerprint density at radius 1 is 0.805 bits per heavy atom. The van der Waals surface area contributed by atoms with E-state index >= 15 is 0 Å². The minimum atomic E-state index is -4.02. The van der Waals surface area contributed by atoms with Crippen LogP contribution in [-0.4, -0.2) is 69.0 Å². The molecule has 1 fully saturated rings. The molecule has 1 aliphatic heterocycles. The highest BCUT2D eigenvalue weighted by Gasteiger charge is 2.18. The van der Waals surface area contributed by atoms with Gasteiger partial charge in [0.15, 0.2) is 0 Å². The smallest absolute Gasteiger partial charge is 0.294 e. The van der Waals surface area contributed by atoms with Crippen molar-refractivity contribution in [1.29, 1.82) is 0 Å². The van der Waals surface area contributed by atoms with Gasteiger partial charge in [0.05, 0.1) is 15.9 Å². The van der Waals surface area contributed by atoms with E-state index in [1.165, 1.54) is 29.8 Å². The second kappa shape index (κ2) is 16.7. The number of nitrogens with one attached hydrogen (secondary N) is 1. The molecule has 1 saturated heterocycles. The number of rotatable bonds is 8. The van der Waals surface area contributed by atoms with E-state index in [1.54, 1.807) is 24.3 Å². The van der Waals surface area contributed by atoms with Gasteiger partial charge < -0.3 is 20.9 Å². The third kappa shape index (κ3) is 13.7. The van der Waals surface area contributed by atoms with Gasteiger partial charge in [0.2, 0.25) is 0 Å². The van der Waals surface area contributed by atoms with Gasteiger partial charge in [-0.05, 0) is 62.9 Å². The molecule has 2 atom stereocenters. The van der Waals surface area contributed by atoms with Gasteiger partial charge in [-0.1, -0.05) is 65.7 Å². The number of hydrogen-bond donors (Lipinski definition) is 5. The summed E-state index contributed by atoms with van der Waals surface area (Å²) in [5, 5.41) is 13.5. The molecule has 0 spiro atoms. The summed E-state index contributed by atoms with van der Waals surface area (Å²) in [6.45, 7) is 5.86. The molecular weight excluding hydrogens is 568 g/mol. The van der Waals surface area contributed by atoms with Crippen molar-refractivity contribution in [2.45, 2.75) is 61.1 Å². The maximum Gasteiger partial charge on any atom is 0.294 e. The molecule has 0 saturated carbocycles.